The van der Waals surface area contributed by atoms with Gasteiger partial charge in [0.2, 0.25) is 0 Å². The zero-order valence-corrected chi connectivity index (χ0v) is 43.8. The largest absolute Gasteiger partial charge is 0.462 e. The van der Waals surface area contributed by atoms with Gasteiger partial charge in [-0.3, -0.25) is 14.4 Å². The van der Waals surface area contributed by atoms with Gasteiger partial charge in [0.25, 0.3) is 0 Å². The van der Waals surface area contributed by atoms with Crippen molar-refractivity contribution in [2.45, 2.75) is 336 Å². The minimum atomic E-state index is -0.762. The van der Waals surface area contributed by atoms with E-state index in [-0.39, 0.29) is 31.1 Å². The molecule has 0 aliphatic heterocycles. The highest BCUT2D eigenvalue weighted by molar-refractivity contribution is 5.71. The van der Waals surface area contributed by atoms with E-state index in [0.717, 1.165) is 63.7 Å². The first-order chi connectivity index (χ1) is 31.4. The van der Waals surface area contributed by atoms with E-state index in [2.05, 4.69) is 27.7 Å². The first-order valence-corrected chi connectivity index (χ1v) is 28.9. The standard InChI is InChI=1S/C58H112O6/c1-5-7-9-11-13-15-17-19-21-23-24-26-28-30-34-38-42-46-50-57(60)63-53-55(64-58(61)51-47-43-39-35-31-32-36-40-44-48-54(3)4)52-62-56(59)49-45-41-37-33-29-27-25-22-20-18-16-14-12-10-8-6-2/h54-55H,5-53H2,1-4H3/t55-/m1/s1. The Bertz CT molecular complexity index is 964. The summed E-state index contributed by atoms with van der Waals surface area (Å²) in [6, 6.07) is 0. The third-order valence-corrected chi connectivity index (χ3v) is 13.3. The lowest BCUT2D eigenvalue weighted by Gasteiger charge is -2.18. The molecule has 0 saturated carbocycles. The van der Waals surface area contributed by atoms with Gasteiger partial charge < -0.3 is 14.2 Å². The van der Waals surface area contributed by atoms with Crippen LogP contribution in [-0.2, 0) is 28.6 Å². The Morgan fingerprint density at radius 1 is 0.297 bits per heavy atom. The van der Waals surface area contributed by atoms with Gasteiger partial charge in [0, 0.05) is 19.3 Å². The van der Waals surface area contributed by atoms with Crippen molar-refractivity contribution in [2.24, 2.45) is 5.92 Å². The Morgan fingerprint density at radius 2 is 0.516 bits per heavy atom. The maximum atomic E-state index is 12.8. The lowest BCUT2D eigenvalue weighted by atomic mass is 10.0. The van der Waals surface area contributed by atoms with Crippen molar-refractivity contribution in [3.63, 3.8) is 0 Å². The summed E-state index contributed by atoms with van der Waals surface area (Å²) in [7, 11) is 0. The Morgan fingerprint density at radius 3 is 0.766 bits per heavy atom. The van der Waals surface area contributed by atoms with Gasteiger partial charge in [-0.25, -0.2) is 0 Å². The number of esters is 3. The Labute approximate surface area is 399 Å². The predicted octanol–water partition coefficient (Wildman–Crippen LogP) is 19.0. The number of rotatable bonds is 53. The molecule has 0 aliphatic rings. The van der Waals surface area contributed by atoms with Crippen molar-refractivity contribution >= 4 is 17.9 Å². The molecule has 0 amide bonds. The molecule has 0 aromatic heterocycles. The van der Waals surface area contributed by atoms with Crippen molar-refractivity contribution in [3.05, 3.63) is 0 Å². The molecule has 0 aromatic carbocycles. The molecule has 0 spiro atoms. The molecule has 6 nitrogen and oxygen atoms in total. The molecule has 64 heavy (non-hydrogen) atoms. The zero-order valence-electron chi connectivity index (χ0n) is 43.8. The summed E-state index contributed by atoms with van der Waals surface area (Å²) >= 11 is 0. The molecule has 0 unspecified atom stereocenters. The lowest BCUT2D eigenvalue weighted by Crippen LogP contribution is -2.30. The van der Waals surface area contributed by atoms with Crippen molar-refractivity contribution in [2.75, 3.05) is 13.2 Å². The van der Waals surface area contributed by atoms with Gasteiger partial charge in [-0.2, -0.15) is 0 Å². The number of carbonyl (C=O) groups excluding carboxylic acids is 3. The van der Waals surface area contributed by atoms with Crippen LogP contribution in [-0.4, -0.2) is 37.2 Å². The van der Waals surface area contributed by atoms with E-state index in [0.29, 0.717) is 19.3 Å². The Kier molecular flexibility index (Phi) is 51.1. The molecule has 0 rings (SSSR count). The van der Waals surface area contributed by atoms with Crippen LogP contribution in [0.25, 0.3) is 0 Å². The second-order valence-electron chi connectivity index (χ2n) is 20.4. The van der Waals surface area contributed by atoms with Gasteiger partial charge in [0.15, 0.2) is 6.10 Å². The number of unbranched alkanes of at least 4 members (excludes halogenated alkanes) is 40. The third-order valence-electron chi connectivity index (χ3n) is 13.3. The first-order valence-electron chi connectivity index (χ1n) is 28.9. The van der Waals surface area contributed by atoms with Gasteiger partial charge in [-0.15, -0.1) is 0 Å². The van der Waals surface area contributed by atoms with Crippen LogP contribution in [0.4, 0.5) is 0 Å². The van der Waals surface area contributed by atoms with Crippen LogP contribution in [0.2, 0.25) is 0 Å². The average Bonchev–Trinajstić information content (AvgIpc) is 3.28. The zero-order chi connectivity index (χ0) is 46.7. The summed E-state index contributed by atoms with van der Waals surface area (Å²) in [6.45, 7) is 9.03. The van der Waals surface area contributed by atoms with Crippen molar-refractivity contribution in [3.8, 4) is 0 Å². The number of carbonyl (C=O) groups is 3. The average molecular weight is 906 g/mol. The number of ether oxygens (including phenoxy) is 3. The van der Waals surface area contributed by atoms with Crippen LogP contribution in [0.3, 0.4) is 0 Å². The molecular formula is C58H112O6. The molecule has 0 fully saturated rings. The van der Waals surface area contributed by atoms with E-state index < -0.39 is 6.10 Å². The van der Waals surface area contributed by atoms with Gasteiger partial charge in [0.05, 0.1) is 0 Å². The fraction of sp³-hybridized carbons (Fsp3) is 0.948. The van der Waals surface area contributed by atoms with E-state index >= 15 is 0 Å². The quantitative estimate of drug-likeness (QED) is 0.0344. The molecule has 0 heterocycles. The summed E-state index contributed by atoms with van der Waals surface area (Å²) in [5, 5.41) is 0. The number of hydrogen-bond donors (Lipinski definition) is 0. The number of hydrogen-bond acceptors (Lipinski definition) is 6. The Hall–Kier alpha value is -1.59. The van der Waals surface area contributed by atoms with E-state index in [1.807, 2.05) is 0 Å². The molecule has 0 radical (unpaired) electrons. The van der Waals surface area contributed by atoms with Gasteiger partial charge in [-0.1, -0.05) is 291 Å². The van der Waals surface area contributed by atoms with Crippen LogP contribution >= 0.6 is 0 Å². The summed E-state index contributed by atoms with van der Waals surface area (Å²) < 4.78 is 16.9. The molecule has 1 atom stereocenters. The van der Waals surface area contributed by atoms with E-state index in [9.17, 15) is 14.4 Å². The monoisotopic (exact) mass is 905 g/mol. The summed E-state index contributed by atoms with van der Waals surface area (Å²) in [5.74, 6) is -0.0318. The van der Waals surface area contributed by atoms with E-state index in [1.54, 1.807) is 0 Å². The SMILES string of the molecule is CCCCCCCCCCCCCCCCCCCCC(=O)OC[C@@H](COC(=O)CCCCCCCCCCCCCCCCCC)OC(=O)CCCCCCCCCCCC(C)C. The second-order valence-corrected chi connectivity index (χ2v) is 20.4. The van der Waals surface area contributed by atoms with Crippen LogP contribution in [0, 0.1) is 5.92 Å². The molecule has 6 heteroatoms. The molecule has 0 aromatic rings. The van der Waals surface area contributed by atoms with Crippen LogP contribution < -0.4 is 0 Å². The maximum Gasteiger partial charge on any atom is 0.306 e. The summed E-state index contributed by atoms with van der Waals surface area (Å²) in [5.41, 5.74) is 0. The normalized spacial score (nSPS) is 12.0. The minimum absolute atomic E-state index is 0.0624. The third kappa shape index (κ3) is 51.4. The summed E-state index contributed by atoms with van der Waals surface area (Å²) in [6.07, 6.45) is 56.7. The highest BCUT2D eigenvalue weighted by atomic mass is 16.6. The van der Waals surface area contributed by atoms with Gasteiger partial charge in [-0.05, 0) is 25.2 Å². The van der Waals surface area contributed by atoms with Gasteiger partial charge >= 0.3 is 17.9 Å². The van der Waals surface area contributed by atoms with Crippen molar-refractivity contribution in [1.82, 2.24) is 0 Å². The summed E-state index contributed by atoms with van der Waals surface area (Å²) in [4.78, 5) is 38.1. The van der Waals surface area contributed by atoms with Crippen LogP contribution in [0.1, 0.15) is 329 Å². The second kappa shape index (κ2) is 52.4. The highest BCUT2D eigenvalue weighted by Gasteiger charge is 2.19. The topological polar surface area (TPSA) is 78.9 Å². The highest BCUT2D eigenvalue weighted by Crippen LogP contribution is 2.18. The smallest absolute Gasteiger partial charge is 0.306 e. The molecule has 0 bridgehead atoms. The molecular weight excluding hydrogens is 793 g/mol. The lowest BCUT2D eigenvalue weighted by molar-refractivity contribution is -0.167. The fourth-order valence-corrected chi connectivity index (χ4v) is 8.92. The van der Waals surface area contributed by atoms with Crippen LogP contribution in [0.15, 0.2) is 0 Å². The maximum absolute atomic E-state index is 12.8. The molecule has 0 aliphatic carbocycles. The Balaban J connectivity index is 4.26. The van der Waals surface area contributed by atoms with E-state index in [4.69, 9.17) is 14.2 Å². The van der Waals surface area contributed by atoms with Crippen molar-refractivity contribution in [1.29, 1.82) is 0 Å². The predicted molar refractivity (Wildman–Crippen MR) is 275 cm³/mol. The molecule has 380 valence electrons. The molecule has 0 saturated heterocycles. The minimum Gasteiger partial charge on any atom is -0.462 e. The first kappa shape index (κ1) is 62.4. The van der Waals surface area contributed by atoms with Gasteiger partial charge in [0.1, 0.15) is 13.2 Å². The van der Waals surface area contributed by atoms with Crippen molar-refractivity contribution < 1.29 is 28.6 Å². The fourth-order valence-electron chi connectivity index (χ4n) is 8.92. The van der Waals surface area contributed by atoms with E-state index in [1.165, 1.54) is 225 Å². The van der Waals surface area contributed by atoms with Crippen LogP contribution in [0.5, 0.6) is 0 Å². The molecule has 0 N–H and O–H groups in total.